The molecule has 3 aromatic heterocycles. The van der Waals surface area contributed by atoms with Gasteiger partial charge in [-0.3, -0.25) is 14.6 Å². The lowest BCUT2D eigenvalue weighted by molar-refractivity contribution is 0.0696. The van der Waals surface area contributed by atoms with Gasteiger partial charge >= 0.3 is 0 Å². The molecular weight excluding hydrogens is 536 g/mol. The Kier molecular flexibility index (Phi) is 5.84. The van der Waals surface area contributed by atoms with Gasteiger partial charge in [-0.25, -0.2) is 0 Å². The smallest absolute Gasteiger partial charge is 0.267 e. The number of fused-ring (bicyclic) bond motifs is 4. The average molecular weight is 573 g/mol. The Balaban J connectivity index is 1.19. The van der Waals surface area contributed by atoms with Crippen LogP contribution in [-0.2, 0) is 6.54 Å². The lowest BCUT2D eigenvalue weighted by Gasteiger charge is -2.27. The summed E-state index contributed by atoms with van der Waals surface area (Å²) in [6.07, 6.45) is 6.55. The third-order valence-corrected chi connectivity index (χ3v) is 10.4. The van der Waals surface area contributed by atoms with E-state index in [-0.39, 0.29) is 5.91 Å². The van der Waals surface area contributed by atoms with Crippen molar-refractivity contribution in [3.8, 4) is 22.6 Å². The number of rotatable bonds is 6. The van der Waals surface area contributed by atoms with Crippen LogP contribution < -0.4 is 5.73 Å². The van der Waals surface area contributed by atoms with Crippen LogP contribution in [0.5, 0.6) is 0 Å². The van der Waals surface area contributed by atoms with Crippen molar-refractivity contribution in [2.24, 2.45) is 23.5 Å². The molecule has 1 aliphatic heterocycles. The summed E-state index contributed by atoms with van der Waals surface area (Å²) in [5.41, 5.74) is 13.3. The van der Waals surface area contributed by atoms with E-state index < -0.39 is 5.91 Å². The number of nitrogens with two attached hydrogens (primary N) is 1. The van der Waals surface area contributed by atoms with Gasteiger partial charge in [-0.05, 0) is 98.7 Å². The molecule has 7 heteroatoms. The van der Waals surface area contributed by atoms with E-state index in [0.29, 0.717) is 35.1 Å². The van der Waals surface area contributed by atoms with E-state index in [1.807, 2.05) is 25.1 Å². The monoisotopic (exact) mass is 572 g/mol. The number of benzene rings is 2. The molecule has 8 rings (SSSR count). The average Bonchev–Trinajstić information content (AvgIpc) is 3.41. The van der Waals surface area contributed by atoms with E-state index in [1.165, 1.54) is 19.3 Å². The number of nitrogens with zero attached hydrogens (tertiary/aromatic N) is 3. The van der Waals surface area contributed by atoms with Gasteiger partial charge in [-0.2, -0.15) is 0 Å². The van der Waals surface area contributed by atoms with Gasteiger partial charge in [-0.1, -0.05) is 25.1 Å². The largest absolute Gasteiger partial charge is 0.454 e. The first-order valence-electron chi connectivity index (χ1n) is 15.5. The maximum atomic E-state index is 13.6. The number of likely N-dealkylation sites (tertiary alicyclic amines) is 1. The standard InChI is InChI=1S/C36H36N4O3/c1-19-12-27(16-38-33(19)35(37)41)23-6-7-24-14-31(39(30(24)13-23)17-22-4-5-22)34-21(3)28-10-8-25(15-32(28)43-34)36(42)40-18-26-9-11-29(40)20(26)2/h6-8,10,12-16,20,22,26,29H,4-5,9,11,17-18H2,1-3H3,(H2,37,41). The van der Waals surface area contributed by atoms with Crippen LogP contribution in [0.15, 0.2) is 59.1 Å². The minimum Gasteiger partial charge on any atom is -0.454 e. The molecule has 2 saturated carbocycles. The molecule has 2 bridgehead atoms. The molecule has 1 saturated heterocycles. The van der Waals surface area contributed by atoms with Gasteiger partial charge in [0, 0.05) is 58.3 Å². The van der Waals surface area contributed by atoms with Crippen molar-refractivity contribution >= 4 is 33.7 Å². The second-order valence-corrected chi connectivity index (χ2v) is 13.1. The minimum absolute atomic E-state index is 0.125. The molecule has 2 N–H and O–H groups in total. The molecule has 0 spiro atoms. The summed E-state index contributed by atoms with van der Waals surface area (Å²) in [6, 6.07) is 17.0. The van der Waals surface area contributed by atoms with Crippen molar-refractivity contribution in [3.05, 3.63) is 77.1 Å². The van der Waals surface area contributed by atoms with Crippen LogP contribution >= 0.6 is 0 Å². The SMILES string of the molecule is Cc1cc(-c2ccc3cc(-c4oc5cc(C(=O)N6CC7CCC6C7C)ccc5c4C)n(CC4CC4)c3c2)cnc1C(N)=O. The second kappa shape index (κ2) is 9.56. The van der Waals surface area contributed by atoms with Crippen molar-refractivity contribution < 1.29 is 14.0 Å². The highest BCUT2D eigenvalue weighted by Gasteiger charge is 2.46. The number of hydrogen-bond acceptors (Lipinski definition) is 4. The van der Waals surface area contributed by atoms with E-state index in [9.17, 15) is 9.59 Å². The van der Waals surface area contributed by atoms with Crippen LogP contribution in [0.1, 0.15) is 64.6 Å². The van der Waals surface area contributed by atoms with Crippen LogP contribution in [0.25, 0.3) is 44.5 Å². The highest BCUT2D eigenvalue weighted by molar-refractivity contribution is 6.00. The van der Waals surface area contributed by atoms with Gasteiger partial charge in [0.05, 0.1) is 5.69 Å². The first-order valence-corrected chi connectivity index (χ1v) is 15.5. The molecule has 3 unspecified atom stereocenters. The maximum absolute atomic E-state index is 13.6. The van der Waals surface area contributed by atoms with Gasteiger partial charge in [0.25, 0.3) is 11.8 Å². The molecule has 4 heterocycles. The molecule has 3 atom stereocenters. The van der Waals surface area contributed by atoms with Gasteiger partial charge in [0.15, 0.2) is 5.76 Å². The Hall–Kier alpha value is -4.39. The fourth-order valence-corrected chi connectivity index (χ4v) is 7.68. The summed E-state index contributed by atoms with van der Waals surface area (Å²) in [7, 11) is 0. The zero-order valence-electron chi connectivity index (χ0n) is 24.9. The van der Waals surface area contributed by atoms with Crippen LogP contribution in [0.4, 0.5) is 0 Å². The molecule has 5 aromatic rings. The Morgan fingerprint density at radius 1 is 1.00 bits per heavy atom. The minimum atomic E-state index is -0.516. The molecule has 2 aliphatic carbocycles. The van der Waals surface area contributed by atoms with E-state index in [0.717, 1.165) is 75.1 Å². The number of piperidine rings is 1. The van der Waals surface area contributed by atoms with Gasteiger partial charge in [-0.15, -0.1) is 0 Å². The maximum Gasteiger partial charge on any atom is 0.267 e. The molecule has 3 aliphatic rings. The van der Waals surface area contributed by atoms with E-state index in [4.69, 9.17) is 10.2 Å². The lowest BCUT2D eigenvalue weighted by atomic mass is 10.0. The molecular formula is C36H36N4O3. The highest BCUT2D eigenvalue weighted by atomic mass is 16.3. The fraction of sp³-hybridized carbons (Fsp3) is 0.361. The van der Waals surface area contributed by atoms with Gasteiger partial charge in [0.2, 0.25) is 0 Å². The second-order valence-electron chi connectivity index (χ2n) is 13.1. The number of furan rings is 1. The summed E-state index contributed by atoms with van der Waals surface area (Å²) in [5, 5.41) is 2.19. The zero-order valence-corrected chi connectivity index (χ0v) is 24.9. The molecule has 7 nitrogen and oxygen atoms in total. The van der Waals surface area contributed by atoms with Crippen molar-refractivity contribution in [2.45, 2.75) is 59.0 Å². The fourth-order valence-electron chi connectivity index (χ4n) is 7.68. The van der Waals surface area contributed by atoms with Crippen molar-refractivity contribution in [2.75, 3.05) is 6.54 Å². The zero-order chi connectivity index (χ0) is 29.6. The first kappa shape index (κ1) is 26.3. The molecule has 2 amide bonds. The van der Waals surface area contributed by atoms with Crippen LogP contribution in [0.3, 0.4) is 0 Å². The van der Waals surface area contributed by atoms with Crippen molar-refractivity contribution in [3.63, 3.8) is 0 Å². The summed E-state index contributed by atoms with van der Waals surface area (Å²) in [5.74, 6) is 2.35. The van der Waals surface area contributed by atoms with Crippen molar-refractivity contribution in [1.29, 1.82) is 0 Å². The number of hydrogen-bond donors (Lipinski definition) is 1. The normalized spacial score (nSPS) is 21.4. The van der Waals surface area contributed by atoms with Crippen LogP contribution in [-0.4, -0.2) is 38.9 Å². The molecule has 43 heavy (non-hydrogen) atoms. The first-order chi connectivity index (χ1) is 20.8. The third-order valence-electron chi connectivity index (χ3n) is 10.4. The van der Waals surface area contributed by atoms with Crippen LogP contribution in [0, 0.1) is 31.6 Å². The van der Waals surface area contributed by atoms with Crippen LogP contribution in [0.2, 0.25) is 0 Å². The molecule has 3 fully saturated rings. The predicted octanol–water partition coefficient (Wildman–Crippen LogP) is 7.11. The Bertz CT molecular complexity index is 1960. The number of aromatic nitrogens is 2. The van der Waals surface area contributed by atoms with E-state index >= 15 is 0 Å². The van der Waals surface area contributed by atoms with E-state index in [1.54, 1.807) is 6.20 Å². The van der Waals surface area contributed by atoms with Gasteiger partial charge in [0.1, 0.15) is 11.3 Å². The predicted molar refractivity (Wildman–Crippen MR) is 168 cm³/mol. The number of aryl methyl sites for hydroxylation is 2. The number of carbonyl (C=O) groups excluding carboxylic acids is 2. The molecule has 0 radical (unpaired) electrons. The summed E-state index contributed by atoms with van der Waals surface area (Å²) in [6.45, 7) is 8.07. The van der Waals surface area contributed by atoms with Gasteiger partial charge < -0.3 is 19.6 Å². The number of pyridine rings is 1. The number of carbonyl (C=O) groups is 2. The topological polar surface area (TPSA) is 94.4 Å². The third kappa shape index (κ3) is 4.20. The highest BCUT2D eigenvalue weighted by Crippen LogP contribution is 2.44. The number of amides is 2. The summed E-state index contributed by atoms with van der Waals surface area (Å²) >= 11 is 0. The van der Waals surface area contributed by atoms with Crippen molar-refractivity contribution in [1.82, 2.24) is 14.5 Å². The Labute approximate surface area is 250 Å². The lowest BCUT2D eigenvalue weighted by Crippen LogP contribution is -2.38. The van der Waals surface area contributed by atoms with E-state index in [2.05, 4.69) is 58.6 Å². The quantitative estimate of drug-likeness (QED) is 0.235. The number of primary amides is 1. The Morgan fingerprint density at radius 2 is 1.84 bits per heavy atom. The summed E-state index contributed by atoms with van der Waals surface area (Å²) in [4.78, 5) is 31.7. The molecule has 2 aromatic carbocycles. The summed E-state index contributed by atoms with van der Waals surface area (Å²) < 4.78 is 9.01. The Morgan fingerprint density at radius 3 is 2.53 bits per heavy atom. The molecule has 218 valence electrons.